The number of carbonyl (C=O) groups excluding carboxylic acids is 2. The highest BCUT2D eigenvalue weighted by molar-refractivity contribution is 6.12. The fourth-order valence-corrected chi connectivity index (χ4v) is 2.77. The lowest BCUT2D eigenvalue weighted by molar-refractivity contribution is -0.123. The monoisotopic (exact) mass is 329 g/mol. The zero-order valence-electron chi connectivity index (χ0n) is 14.1. The van der Waals surface area contributed by atoms with Crippen LogP contribution in [0, 0.1) is 17.2 Å². The summed E-state index contributed by atoms with van der Waals surface area (Å²) in [7, 11) is 0. The standard InChI is InChI=1S/C18H23N3O3/c1-12(2)24-16-9-8-13(11-20-16)17(22)15(10-19)18(23)21-14-6-4-3-5-7-14/h8-9,11-12,14-15H,3-7H2,1-2H3,(H,21,23). The topological polar surface area (TPSA) is 92.1 Å². The Kier molecular flexibility index (Phi) is 6.30. The maximum absolute atomic E-state index is 12.4. The van der Waals surface area contributed by atoms with Gasteiger partial charge in [-0.05, 0) is 32.8 Å². The van der Waals surface area contributed by atoms with Crippen LogP contribution >= 0.6 is 0 Å². The van der Waals surface area contributed by atoms with Crippen molar-refractivity contribution in [3.8, 4) is 11.9 Å². The van der Waals surface area contributed by atoms with Crippen molar-refractivity contribution in [2.45, 2.75) is 58.1 Å². The smallest absolute Gasteiger partial charge is 0.245 e. The Morgan fingerprint density at radius 2 is 2.00 bits per heavy atom. The van der Waals surface area contributed by atoms with Crippen LogP contribution < -0.4 is 10.1 Å². The molecule has 1 aliphatic rings. The quantitative estimate of drug-likeness (QED) is 0.640. The molecule has 24 heavy (non-hydrogen) atoms. The second-order valence-corrected chi connectivity index (χ2v) is 6.32. The molecule has 6 heteroatoms. The van der Waals surface area contributed by atoms with Gasteiger partial charge >= 0.3 is 0 Å². The van der Waals surface area contributed by atoms with Crippen molar-refractivity contribution in [2.75, 3.05) is 0 Å². The minimum atomic E-state index is -1.34. The van der Waals surface area contributed by atoms with Crippen molar-refractivity contribution in [1.29, 1.82) is 5.26 Å². The third-order valence-electron chi connectivity index (χ3n) is 3.98. The summed E-state index contributed by atoms with van der Waals surface area (Å²) in [6.45, 7) is 3.75. The Balaban J connectivity index is 2.02. The van der Waals surface area contributed by atoms with Gasteiger partial charge in [0.15, 0.2) is 11.7 Å². The molecule has 1 saturated carbocycles. The normalized spacial score (nSPS) is 16.2. The van der Waals surface area contributed by atoms with Crippen LogP contribution in [-0.4, -0.2) is 28.8 Å². The van der Waals surface area contributed by atoms with E-state index in [-0.39, 0.29) is 17.7 Å². The molecule has 2 rings (SSSR count). The predicted octanol–water partition coefficient (Wildman–Crippen LogP) is 2.64. The highest BCUT2D eigenvalue weighted by Gasteiger charge is 2.29. The zero-order valence-corrected chi connectivity index (χ0v) is 14.1. The lowest BCUT2D eigenvalue weighted by Gasteiger charge is -2.23. The number of ketones is 1. The number of nitriles is 1. The summed E-state index contributed by atoms with van der Waals surface area (Å²) in [5.74, 6) is -1.99. The van der Waals surface area contributed by atoms with Crippen molar-refractivity contribution in [3.05, 3.63) is 23.9 Å². The fourth-order valence-electron chi connectivity index (χ4n) is 2.77. The van der Waals surface area contributed by atoms with Gasteiger partial charge in [0.05, 0.1) is 12.2 Å². The summed E-state index contributed by atoms with van der Waals surface area (Å²) >= 11 is 0. The zero-order chi connectivity index (χ0) is 17.5. The van der Waals surface area contributed by atoms with Gasteiger partial charge in [-0.15, -0.1) is 0 Å². The van der Waals surface area contributed by atoms with Crippen molar-refractivity contribution < 1.29 is 14.3 Å². The second-order valence-electron chi connectivity index (χ2n) is 6.32. The summed E-state index contributed by atoms with van der Waals surface area (Å²) in [5, 5.41) is 12.1. The van der Waals surface area contributed by atoms with E-state index in [1.165, 1.54) is 18.7 Å². The highest BCUT2D eigenvalue weighted by atomic mass is 16.5. The molecule has 6 nitrogen and oxygen atoms in total. The number of ether oxygens (including phenoxy) is 1. The van der Waals surface area contributed by atoms with E-state index in [0.29, 0.717) is 5.88 Å². The molecule has 0 bridgehead atoms. The van der Waals surface area contributed by atoms with Crippen molar-refractivity contribution in [2.24, 2.45) is 5.92 Å². The number of aromatic nitrogens is 1. The average molecular weight is 329 g/mol. The second kappa shape index (κ2) is 8.44. The Hall–Kier alpha value is -2.42. The van der Waals surface area contributed by atoms with E-state index >= 15 is 0 Å². The Morgan fingerprint density at radius 3 is 2.54 bits per heavy atom. The molecule has 1 aliphatic carbocycles. The number of hydrogen-bond donors (Lipinski definition) is 1. The Labute approximate surface area is 142 Å². The van der Waals surface area contributed by atoms with Gasteiger partial charge in [0.25, 0.3) is 0 Å². The summed E-state index contributed by atoms with van der Waals surface area (Å²) in [6.07, 6.45) is 6.44. The Bertz CT molecular complexity index is 613. The summed E-state index contributed by atoms with van der Waals surface area (Å²) in [5.41, 5.74) is 0.233. The number of rotatable bonds is 6. The van der Waals surface area contributed by atoms with Crippen molar-refractivity contribution in [1.82, 2.24) is 10.3 Å². The van der Waals surface area contributed by atoms with Gasteiger partial charge in [-0.3, -0.25) is 9.59 Å². The molecule has 1 N–H and O–H groups in total. The molecule has 1 heterocycles. The van der Waals surface area contributed by atoms with Crippen LogP contribution in [0.15, 0.2) is 18.3 Å². The summed E-state index contributed by atoms with van der Waals surface area (Å²) in [4.78, 5) is 28.7. The number of hydrogen-bond acceptors (Lipinski definition) is 5. The molecule has 1 amide bonds. The summed E-state index contributed by atoms with van der Waals surface area (Å²) < 4.78 is 5.42. The van der Waals surface area contributed by atoms with E-state index < -0.39 is 17.6 Å². The van der Waals surface area contributed by atoms with Crippen LogP contribution in [0.5, 0.6) is 5.88 Å². The number of amides is 1. The van der Waals surface area contributed by atoms with Gasteiger partial charge < -0.3 is 10.1 Å². The maximum atomic E-state index is 12.4. The molecule has 0 saturated heterocycles. The first-order valence-electron chi connectivity index (χ1n) is 8.38. The molecule has 1 aromatic heterocycles. The first kappa shape index (κ1) is 17.9. The minimum absolute atomic E-state index is 0.0211. The molecule has 1 atom stereocenters. The molecule has 0 aromatic carbocycles. The molecular formula is C18H23N3O3. The van der Waals surface area contributed by atoms with E-state index in [0.717, 1.165) is 25.7 Å². The van der Waals surface area contributed by atoms with Crippen LogP contribution in [0.3, 0.4) is 0 Å². The van der Waals surface area contributed by atoms with Crippen LogP contribution in [0.1, 0.15) is 56.3 Å². The number of Topliss-reactive ketones (excluding diaryl/α,β-unsaturated/α-hetero) is 1. The molecule has 1 aromatic rings. The lowest BCUT2D eigenvalue weighted by atomic mass is 9.94. The van der Waals surface area contributed by atoms with E-state index in [1.54, 1.807) is 6.07 Å². The van der Waals surface area contributed by atoms with Gasteiger partial charge in [0.1, 0.15) is 0 Å². The first-order chi connectivity index (χ1) is 11.5. The van der Waals surface area contributed by atoms with Gasteiger partial charge in [-0.2, -0.15) is 5.26 Å². The number of carbonyl (C=O) groups is 2. The SMILES string of the molecule is CC(C)Oc1ccc(C(=O)C(C#N)C(=O)NC2CCCCC2)cn1. The molecule has 0 radical (unpaired) electrons. The number of pyridine rings is 1. The van der Waals surface area contributed by atoms with Crippen LogP contribution in [0.25, 0.3) is 0 Å². The van der Waals surface area contributed by atoms with E-state index in [2.05, 4.69) is 10.3 Å². The number of nitrogens with zero attached hydrogens (tertiary/aromatic N) is 2. The van der Waals surface area contributed by atoms with Crippen LogP contribution in [-0.2, 0) is 4.79 Å². The van der Waals surface area contributed by atoms with Crippen LogP contribution in [0.2, 0.25) is 0 Å². The first-order valence-corrected chi connectivity index (χ1v) is 8.38. The largest absolute Gasteiger partial charge is 0.475 e. The molecule has 128 valence electrons. The number of nitrogens with one attached hydrogen (secondary N) is 1. The average Bonchev–Trinajstić information content (AvgIpc) is 2.56. The predicted molar refractivity (Wildman–Crippen MR) is 88.5 cm³/mol. The van der Waals surface area contributed by atoms with Gasteiger partial charge in [0.2, 0.25) is 11.8 Å². The lowest BCUT2D eigenvalue weighted by Crippen LogP contribution is -2.42. The van der Waals surface area contributed by atoms with Crippen molar-refractivity contribution in [3.63, 3.8) is 0 Å². The fraction of sp³-hybridized carbons (Fsp3) is 0.556. The van der Waals surface area contributed by atoms with Gasteiger partial charge in [-0.1, -0.05) is 19.3 Å². The minimum Gasteiger partial charge on any atom is -0.475 e. The maximum Gasteiger partial charge on any atom is 0.245 e. The van der Waals surface area contributed by atoms with Gasteiger partial charge in [0, 0.05) is 23.9 Å². The van der Waals surface area contributed by atoms with Crippen molar-refractivity contribution >= 4 is 11.7 Å². The van der Waals surface area contributed by atoms with Gasteiger partial charge in [-0.25, -0.2) is 4.98 Å². The highest BCUT2D eigenvalue weighted by Crippen LogP contribution is 2.19. The molecule has 1 unspecified atom stereocenters. The van der Waals surface area contributed by atoms with E-state index in [9.17, 15) is 14.9 Å². The third-order valence-corrected chi connectivity index (χ3v) is 3.98. The summed E-state index contributed by atoms with van der Waals surface area (Å²) in [6, 6.07) is 4.98. The third kappa shape index (κ3) is 4.79. The molecule has 0 spiro atoms. The molecule has 0 aliphatic heterocycles. The Morgan fingerprint density at radius 1 is 1.29 bits per heavy atom. The van der Waals surface area contributed by atoms with E-state index in [1.807, 2.05) is 19.9 Å². The molecule has 1 fully saturated rings. The molecular weight excluding hydrogens is 306 g/mol. The van der Waals surface area contributed by atoms with E-state index in [4.69, 9.17) is 4.74 Å². The van der Waals surface area contributed by atoms with Crippen LogP contribution in [0.4, 0.5) is 0 Å².